The standard InChI is InChI=1S/C32H30N4O6/c1-20-7-11-23(12-8-20)30(39)35-36-32(41)28(19-21-9-15-24(37)16-10-21)34-31(40)26-5-3-4-6-27(26)33-29(38)22-13-17-25(42-2)18-14-22/h3-18,28,37H,19H2,1-2H3,(H,33,38)(H,34,40)(H,35,39)(H,36,41)/t28-/m0/s1. The summed E-state index contributed by atoms with van der Waals surface area (Å²) in [6.07, 6.45) is 0.0542. The van der Waals surface area contributed by atoms with Gasteiger partial charge in [-0.25, -0.2) is 0 Å². The Kier molecular flexibility index (Phi) is 9.52. The third-order valence-electron chi connectivity index (χ3n) is 6.38. The number of para-hydroxylation sites is 1. The maximum atomic E-state index is 13.4. The molecule has 0 unspecified atom stereocenters. The first-order chi connectivity index (χ1) is 20.2. The average molecular weight is 567 g/mol. The maximum Gasteiger partial charge on any atom is 0.269 e. The first-order valence-corrected chi connectivity index (χ1v) is 13.0. The molecule has 0 bridgehead atoms. The fourth-order valence-electron chi connectivity index (χ4n) is 4.02. The fourth-order valence-corrected chi connectivity index (χ4v) is 4.02. The smallest absolute Gasteiger partial charge is 0.269 e. The van der Waals surface area contributed by atoms with Crippen molar-refractivity contribution in [2.24, 2.45) is 0 Å². The van der Waals surface area contributed by atoms with Crippen LogP contribution in [0.4, 0.5) is 5.69 Å². The molecule has 0 fully saturated rings. The minimum Gasteiger partial charge on any atom is -0.508 e. The second-order valence-electron chi connectivity index (χ2n) is 9.43. The highest BCUT2D eigenvalue weighted by Crippen LogP contribution is 2.19. The predicted octanol–water partition coefficient (Wildman–Crippen LogP) is 3.76. The van der Waals surface area contributed by atoms with E-state index in [0.29, 0.717) is 22.4 Å². The lowest BCUT2D eigenvalue weighted by Crippen LogP contribution is -2.53. The number of anilines is 1. The van der Waals surface area contributed by atoms with Gasteiger partial charge in [0.05, 0.1) is 18.4 Å². The van der Waals surface area contributed by atoms with Crippen LogP contribution in [0.2, 0.25) is 0 Å². The summed E-state index contributed by atoms with van der Waals surface area (Å²) in [6, 6.07) is 24.8. The molecule has 1 atom stereocenters. The van der Waals surface area contributed by atoms with Gasteiger partial charge in [-0.05, 0) is 73.2 Å². The van der Waals surface area contributed by atoms with Crippen LogP contribution in [0.5, 0.6) is 11.5 Å². The number of phenols is 1. The largest absolute Gasteiger partial charge is 0.508 e. The molecule has 0 aromatic heterocycles. The van der Waals surface area contributed by atoms with E-state index in [2.05, 4.69) is 21.5 Å². The zero-order chi connectivity index (χ0) is 30.1. The minimum atomic E-state index is -1.12. The fraction of sp³-hybridized carbons (Fsp3) is 0.125. The molecule has 0 saturated carbocycles. The lowest BCUT2D eigenvalue weighted by atomic mass is 10.0. The third kappa shape index (κ3) is 7.72. The van der Waals surface area contributed by atoms with Crippen molar-refractivity contribution in [3.8, 4) is 11.5 Å². The zero-order valence-electron chi connectivity index (χ0n) is 23.0. The van der Waals surface area contributed by atoms with Crippen LogP contribution in [-0.2, 0) is 11.2 Å². The molecule has 0 aliphatic heterocycles. The number of ether oxygens (including phenoxy) is 1. The summed E-state index contributed by atoms with van der Waals surface area (Å²) < 4.78 is 5.13. The molecule has 0 aliphatic carbocycles. The van der Waals surface area contributed by atoms with Crippen LogP contribution in [-0.4, -0.2) is 41.9 Å². The minimum absolute atomic E-state index is 0.0516. The number of phenolic OH excluding ortho intramolecular Hbond substituents is 1. The van der Waals surface area contributed by atoms with Gasteiger partial charge in [0.25, 0.3) is 23.6 Å². The van der Waals surface area contributed by atoms with Crippen molar-refractivity contribution < 1.29 is 29.0 Å². The number of carbonyl (C=O) groups excluding carboxylic acids is 4. The number of hydrogen-bond acceptors (Lipinski definition) is 6. The van der Waals surface area contributed by atoms with Crippen LogP contribution in [0.1, 0.15) is 42.2 Å². The Bertz CT molecular complexity index is 1570. The van der Waals surface area contributed by atoms with Crippen molar-refractivity contribution in [1.29, 1.82) is 0 Å². The number of methoxy groups -OCH3 is 1. The molecule has 42 heavy (non-hydrogen) atoms. The summed E-state index contributed by atoms with van der Waals surface area (Å²) in [5, 5.41) is 15.1. The van der Waals surface area contributed by atoms with Crippen LogP contribution < -0.4 is 26.2 Å². The number of nitrogens with one attached hydrogen (secondary N) is 4. The van der Waals surface area contributed by atoms with Crippen LogP contribution in [0, 0.1) is 6.92 Å². The van der Waals surface area contributed by atoms with Gasteiger partial charge in [-0.15, -0.1) is 0 Å². The lowest BCUT2D eigenvalue weighted by molar-refractivity contribution is -0.123. The number of hydrazine groups is 1. The molecule has 0 spiro atoms. The van der Waals surface area contributed by atoms with Crippen LogP contribution >= 0.6 is 0 Å². The van der Waals surface area contributed by atoms with E-state index in [1.807, 2.05) is 6.92 Å². The number of benzene rings is 4. The molecule has 4 rings (SSSR count). The number of carbonyl (C=O) groups is 4. The van der Waals surface area contributed by atoms with Crippen molar-refractivity contribution in [2.75, 3.05) is 12.4 Å². The molecule has 214 valence electrons. The molecule has 0 aliphatic rings. The van der Waals surface area contributed by atoms with Crippen molar-refractivity contribution in [3.05, 3.63) is 125 Å². The van der Waals surface area contributed by atoms with Crippen molar-refractivity contribution in [3.63, 3.8) is 0 Å². The van der Waals surface area contributed by atoms with E-state index in [9.17, 15) is 24.3 Å². The Balaban J connectivity index is 1.50. The zero-order valence-corrected chi connectivity index (χ0v) is 23.0. The topological polar surface area (TPSA) is 146 Å². The normalized spacial score (nSPS) is 11.1. The first-order valence-electron chi connectivity index (χ1n) is 13.0. The molecule has 4 amide bonds. The third-order valence-corrected chi connectivity index (χ3v) is 6.38. The Morgan fingerprint density at radius 3 is 2.02 bits per heavy atom. The van der Waals surface area contributed by atoms with E-state index in [1.54, 1.807) is 78.9 Å². The monoisotopic (exact) mass is 566 g/mol. The number of aryl methyl sites for hydroxylation is 1. The molecule has 0 saturated heterocycles. The highest BCUT2D eigenvalue weighted by molar-refractivity contribution is 6.09. The highest BCUT2D eigenvalue weighted by atomic mass is 16.5. The molecule has 10 nitrogen and oxygen atoms in total. The summed E-state index contributed by atoms with van der Waals surface area (Å²) in [6.45, 7) is 1.89. The molecule has 5 N–H and O–H groups in total. The van der Waals surface area contributed by atoms with Crippen LogP contribution in [0.3, 0.4) is 0 Å². The first kappa shape index (κ1) is 29.3. The molecular weight excluding hydrogens is 536 g/mol. The van der Waals surface area contributed by atoms with Gasteiger partial charge in [-0.2, -0.15) is 0 Å². The second kappa shape index (κ2) is 13.6. The van der Waals surface area contributed by atoms with E-state index in [-0.39, 0.29) is 23.4 Å². The number of hydrogen-bond donors (Lipinski definition) is 5. The average Bonchev–Trinajstić information content (AvgIpc) is 3.01. The summed E-state index contributed by atoms with van der Waals surface area (Å²) >= 11 is 0. The highest BCUT2D eigenvalue weighted by Gasteiger charge is 2.24. The van der Waals surface area contributed by atoms with Crippen molar-refractivity contribution in [2.45, 2.75) is 19.4 Å². The summed E-state index contributed by atoms with van der Waals surface area (Å²) in [4.78, 5) is 52.0. The predicted molar refractivity (Wildman–Crippen MR) is 157 cm³/mol. The van der Waals surface area contributed by atoms with Gasteiger partial charge in [-0.1, -0.05) is 42.0 Å². The number of rotatable bonds is 9. The maximum absolute atomic E-state index is 13.4. The van der Waals surface area contributed by atoms with E-state index < -0.39 is 29.7 Å². The van der Waals surface area contributed by atoms with Gasteiger partial charge >= 0.3 is 0 Å². The second-order valence-corrected chi connectivity index (χ2v) is 9.43. The van der Waals surface area contributed by atoms with Gasteiger partial charge in [0.2, 0.25) is 0 Å². The van der Waals surface area contributed by atoms with Gasteiger partial charge in [0.1, 0.15) is 17.5 Å². The van der Waals surface area contributed by atoms with Crippen molar-refractivity contribution in [1.82, 2.24) is 16.2 Å². The van der Waals surface area contributed by atoms with Gasteiger partial charge in [-0.3, -0.25) is 30.0 Å². The Hall–Kier alpha value is -5.64. The molecule has 4 aromatic carbocycles. The quantitative estimate of drug-likeness (QED) is 0.195. The van der Waals surface area contributed by atoms with Gasteiger partial charge in [0.15, 0.2) is 0 Å². The number of amides is 4. The van der Waals surface area contributed by atoms with E-state index in [0.717, 1.165) is 5.56 Å². The van der Waals surface area contributed by atoms with Crippen LogP contribution in [0.15, 0.2) is 97.1 Å². The lowest BCUT2D eigenvalue weighted by Gasteiger charge is -2.20. The van der Waals surface area contributed by atoms with E-state index in [1.165, 1.54) is 25.3 Å². The molecule has 4 aromatic rings. The Labute approximate surface area is 242 Å². The van der Waals surface area contributed by atoms with Crippen LogP contribution in [0.25, 0.3) is 0 Å². The van der Waals surface area contributed by atoms with Gasteiger partial charge < -0.3 is 20.5 Å². The Morgan fingerprint density at radius 1 is 0.738 bits per heavy atom. The number of aromatic hydroxyl groups is 1. The Morgan fingerprint density at radius 2 is 1.36 bits per heavy atom. The molecule has 0 heterocycles. The SMILES string of the molecule is COc1ccc(C(=O)Nc2ccccc2C(=O)N[C@@H](Cc2ccc(O)cc2)C(=O)NNC(=O)c2ccc(C)cc2)cc1. The van der Waals surface area contributed by atoms with Crippen molar-refractivity contribution >= 4 is 29.3 Å². The summed E-state index contributed by atoms with van der Waals surface area (Å²) in [5.41, 5.74) is 7.47. The van der Waals surface area contributed by atoms with E-state index >= 15 is 0 Å². The van der Waals surface area contributed by atoms with Gasteiger partial charge in [0, 0.05) is 17.5 Å². The summed E-state index contributed by atoms with van der Waals surface area (Å²) in [7, 11) is 1.52. The molecule has 0 radical (unpaired) electrons. The van der Waals surface area contributed by atoms with E-state index in [4.69, 9.17) is 4.74 Å². The molecule has 10 heteroatoms. The summed E-state index contributed by atoms with van der Waals surface area (Å²) in [5.74, 6) is -1.60. The molecular formula is C32H30N4O6.